The summed E-state index contributed by atoms with van der Waals surface area (Å²) in [6, 6.07) is 14.5. The number of rotatable bonds is 1. The first-order chi connectivity index (χ1) is 9.34. The molecule has 0 aliphatic heterocycles. The molecule has 102 valence electrons. The molecular weight excluding hydrogens is 244 g/mol. The predicted octanol–water partition coefficient (Wildman–Crippen LogP) is 4.41. The molecule has 0 atom stereocenters. The first-order valence-corrected chi connectivity index (χ1v) is 6.74. The summed E-state index contributed by atoms with van der Waals surface area (Å²) < 4.78 is 0. The van der Waals surface area contributed by atoms with Gasteiger partial charge in [-0.05, 0) is 40.7 Å². The van der Waals surface area contributed by atoms with Gasteiger partial charge in [-0.1, -0.05) is 51.1 Å². The molecule has 0 spiro atoms. The van der Waals surface area contributed by atoms with Crippen molar-refractivity contribution < 1.29 is 0 Å². The number of hydrogen-bond donors (Lipinski definition) is 1. The van der Waals surface area contributed by atoms with Gasteiger partial charge in [0.15, 0.2) is 0 Å². The Balaban J connectivity index is 2.51. The number of anilines is 1. The number of hydrogen-bond acceptors (Lipinski definition) is 2. The molecule has 0 fully saturated rings. The molecule has 0 aromatic heterocycles. The van der Waals surface area contributed by atoms with Crippen molar-refractivity contribution in [2.75, 3.05) is 5.73 Å². The first kappa shape index (κ1) is 14.1. The topological polar surface area (TPSA) is 49.8 Å². The van der Waals surface area contributed by atoms with Crippen LogP contribution in [0.25, 0.3) is 11.1 Å². The van der Waals surface area contributed by atoms with E-state index < -0.39 is 0 Å². The van der Waals surface area contributed by atoms with Crippen molar-refractivity contribution in [1.29, 1.82) is 5.26 Å². The van der Waals surface area contributed by atoms with Gasteiger partial charge in [-0.3, -0.25) is 0 Å². The third kappa shape index (κ3) is 2.53. The average Bonchev–Trinajstić information content (AvgIpc) is 2.38. The van der Waals surface area contributed by atoms with Gasteiger partial charge >= 0.3 is 0 Å². The summed E-state index contributed by atoms with van der Waals surface area (Å²) in [7, 11) is 0. The second kappa shape index (κ2) is 5.02. The summed E-state index contributed by atoms with van der Waals surface area (Å²) in [6.45, 7) is 8.54. The lowest BCUT2D eigenvalue weighted by molar-refractivity contribution is 0.590. The van der Waals surface area contributed by atoms with E-state index in [1.54, 1.807) is 6.07 Å². The van der Waals surface area contributed by atoms with Gasteiger partial charge in [-0.2, -0.15) is 5.26 Å². The Morgan fingerprint density at radius 2 is 1.60 bits per heavy atom. The van der Waals surface area contributed by atoms with Crippen LogP contribution in [0, 0.1) is 18.3 Å². The minimum atomic E-state index is 0.145. The van der Waals surface area contributed by atoms with Gasteiger partial charge in [0.05, 0.1) is 5.56 Å². The maximum atomic E-state index is 9.19. The van der Waals surface area contributed by atoms with E-state index in [1.807, 2.05) is 13.0 Å². The van der Waals surface area contributed by atoms with Crippen molar-refractivity contribution in [3.8, 4) is 17.2 Å². The number of nitrogens with two attached hydrogens (primary N) is 1. The second-order valence-corrected chi connectivity index (χ2v) is 6.14. The van der Waals surface area contributed by atoms with E-state index in [-0.39, 0.29) is 5.41 Å². The Hall–Kier alpha value is -2.27. The zero-order valence-corrected chi connectivity index (χ0v) is 12.5. The van der Waals surface area contributed by atoms with Gasteiger partial charge in [0.1, 0.15) is 6.07 Å². The lowest BCUT2D eigenvalue weighted by Gasteiger charge is -2.19. The maximum Gasteiger partial charge on any atom is 0.102 e. The van der Waals surface area contributed by atoms with Gasteiger partial charge in [0.25, 0.3) is 0 Å². The molecule has 2 N–H and O–H groups in total. The van der Waals surface area contributed by atoms with Crippen molar-refractivity contribution in [2.45, 2.75) is 33.1 Å². The third-order valence-electron chi connectivity index (χ3n) is 3.67. The van der Waals surface area contributed by atoms with Crippen molar-refractivity contribution in [2.24, 2.45) is 0 Å². The Kier molecular flexibility index (Phi) is 3.55. The molecule has 0 saturated heterocycles. The largest absolute Gasteiger partial charge is 0.398 e. The van der Waals surface area contributed by atoms with Crippen LogP contribution in [0.3, 0.4) is 0 Å². The summed E-state index contributed by atoms with van der Waals surface area (Å²) in [5.74, 6) is 0. The van der Waals surface area contributed by atoms with Crippen molar-refractivity contribution in [3.05, 3.63) is 53.1 Å². The minimum absolute atomic E-state index is 0.145. The normalized spacial score (nSPS) is 11.2. The summed E-state index contributed by atoms with van der Waals surface area (Å²) in [5.41, 5.74) is 11.5. The van der Waals surface area contributed by atoms with Crippen molar-refractivity contribution >= 4 is 5.69 Å². The summed E-state index contributed by atoms with van der Waals surface area (Å²) in [5, 5.41) is 9.19. The third-order valence-corrected chi connectivity index (χ3v) is 3.67. The van der Waals surface area contributed by atoms with Gasteiger partial charge in [-0.15, -0.1) is 0 Å². The van der Waals surface area contributed by atoms with Crippen molar-refractivity contribution in [3.63, 3.8) is 0 Å². The van der Waals surface area contributed by atoms with Crippen LogP contribution in [0.2, 0.25) is 0 Å². The quantitative estimate of drug-likeness (QED) is 0.775. The highest BCUT2D eigenvalue weighted by Gasteiger charge is 2.14. The molecule has 2 nitrogen and oxygen atoms in total. The molecule has 2 rings (SSSR count). The Bertz CT molecular complexity index is 668. The molecule has 2 aromatic rings. The number of nitriles is 1. The van der Waals surface area contributed by atoms with Crippen LogP contribution in [0.15, 0.2) is 36.4 Å². The predicted molar refractivity (Wildman–Crippen MR) is 84.4 cm³/mol. The number of benzene rings is 2. The zero-order valence-electron chi connectivity index (χ0n) is 12.5. The van der Waals surface area contributed by atoms with Gasteiger partial charge in [0.2, 0.25) is 0 Å². The van der Waals surface area contributed by atoms with Crippen LogP contribution in [0.1, 0.15) is 37.5 Å². The van der Waals surface area contributed by atoms with Gasteiger partial charge < -0.3 is 5.73 Å². The molecule has 0 heterocycles. The van der Waals surface area contributed by atoms with Crippen LogP contribution in [0.5, 0.6) is 0 Å². The summed E-state index contributed by atoms with van der Waals surface area (Å²) in [6.07, 6.45) is 0. The molecular formula is C18H20N2. The standard InChI is InChI=1S/C18H20N2/c1-12-15(9-10-17(20)16(12)11-19)13-5-7-14(8-6-13)18(2,3)4/h5-10H,20H2,1-4H3. The molecule has 0 unspecified atom stereocenters. The van der Waals surface area contributed by atoms with Crippen LogP contribution in [0.4, 0.5) is 5.69 Å². The van der Waals surface area contributed by atoms with E-state index in [9.17, 15) is 5.26 Å². The van der Waals surface area contributed by atoms with Gasteiger partial charge in [-0.25, -0.2) is 0 Å². The number of nitrogen functional groups attached to an aromatic ring is 1. The summed E-state index contributed by atoms with van der Waals surface area (Å²) >= 11 is 0. The molecule has 0 saturated carbocycles. The SMILES string of the molecule is Cc1c(-c2ccc(C(C)(C)C)cc2)ccc(N)c1C#N. The van der Waals surface area contributed by atoms with Crippen molar-refractivity contribution in [1.82, 2.24) is 0 Å². The van der Waals surface area contributed by atoms with E-state index in [1.165, 1.54) is 5.56 Å². The minimum Gasteiger partial charge on any atom is -0.398 e. The molecule has 20 heavy (non-hydrogen) atoms. The second-order valence-electron chi connectivity index (χ2n) is 6.14. The van der Waals surface area contributed by atoms with Crippen LogP contribution < -0.4 is 5.73 Å². The van der Waals surface area contributed by atoms with E-state index >= 15 is 0 Å². The monoisotopic (exact) mass is 264 g/mol. The van der Waals surface area contributed by atoms with Crippen LogP contribution in [-0.2, 0) is 5.41 Å². The fraction of sp³-hybridized carbons (Fsp3) is 0.278. The highest BCUT2D eigenvalue weighted by atomic mass is 14.6. The Morgan fingerprint density at radius 1 is 1.00 bits per heavy atom. The van der Waals surface area contributed by atoms with E-state index in [4.69, 9.17) is 5.73 Å². The number of nitrogens with zero attached hydrogens (tertiary/aromatic N) is 1. The van der Waals surface area contributed by atoms with E-state index in [0.29, 0.717) is 11.3 Å². The lowest BCUT2D eigenvalue weighted by Crippen LogP contribution is -2.10. The first-order valence-electron chi connectivity index (χ1n) is 6.74. The molecule has 2 heteroatoms. The van der Waals surface area contributed by atoms with Crippen LogP contribution >= 0.6 is 0 Å². The smallest absolute Gasteiger partial charge is 0.102 e. The molecule has 2 aromatic carbocycles. The Morgan fingerprint density at radius 3 is 2.10 bits per heavy atom. The maximum absolute atomic E-state index is 9.19. The molecule has 0 aliphatic rings. The van der Waals surface area contributed by atoms with Crippen LogP contribution in [-0.4, -0.2) is 0 Å². The lowest BCUT2D eigenvalue weighted by atomic mass is 9.85. The molecule has 0 bridgehead atoms. The fourth-order valence-electron chi connectivity index (χ4n) is 2.34. The van der Waals surface area contributed by atoms with Gasteiger partial charge in [0, 0.05) is 5.69 Å². The van der Waals surface area contributed by atoms with E-state index in [0.717, 1.165) is 16.7 Å². The Labute approximate surface area is 120 Å². The zero-order chi connectivity index (χ0) is 14.9. The highest BCUT2D eigenvalue weighted by Crippen LogP contribution is 2.30. The average molecular weight is 264 g/mol. The van der Waals surface area contributed by atoms with E-state index in [2.05, 4.69) is 51.1 Å². The molecule has 0 radical (unpaired) electrons. The highest BCUT2D eigenvalue weighted by molar-refractivity contribution is 5.74. The molecule has 0 amide bonds. The fourth-order valence-corrected chi connectivity index (χ4v) is 2.34. The molecule has 0 aliphatic carbocycles. The summed E-state index contributed by atoms with van der Waals surface area (Å²) in [4.78, 5) is 0.